The van der Waals surface area contributed by atoms with E-state index < -0.39 is 6.10 Å². The fourth-order valence-electron chi connectivity index (χ4n) is 2.08. The van der Waals surface area contributed by atoms with Crippen LogP contribution in [0.5, 0.6) is 0 Å². The SMILES string of the molecule is Cl.Cl.NC(=NOCC(O)CN1CCCC1)c1cccnc1. The van der Waals surface area contributed by atoms with Crippen molar-refractivity contribution >= 4 is 30.6 Å². The number of aliphatic hydroxyl groups is 1. The lowest BCUT2D eigenvalue weighted by molar-refractivity contribution is 0.0229. The van der Waals surface area contributed by atoms with Crippen molar-refractivity contribution in [3.05, 3.63) is 30.1 Å². The predicted molar refractivity (Wildman–Crippen MR) is 87.1 cm³/mol. The standard InChI is InChI=1S/C13H20N4O2.2ClH/c14-13(11-4-3-5-15-8-11)16-19-10-12(18)9-17-6-1-2-7-17;;/h3-5,8,12,18H,1-2,6-7,9-10H2,(H2,14,16);2*1H. The van der Waals surface area contributed by atoms with Crippen LogP contribution in [0, 0.1) is 0 Å². The molecule has 1 fully saturated rings. The summed E-state index contributed by atoms with van der Waals surface area (Å²) >= 11 is 0. The minimum atomic E-state index is -0.538. The Morgan fingerprint density at radius 3 is 2.76 bits per heavy atom. The topological polar surface area (TPSA) is 84.0 Å². The Bertz CT molecular complexity index is 414. The molecule has 1 atom stereocenters. The summed E-state index contributed by atoms with van der Waals surface area (Å²) in [6.45, 7) is 2.89. The number of aliphatic hydroxyl groups excluding tert-OH is 1. The molecule has 120 valence electrons. The number of rotatable bonds is 6. The van der Waals surface area contributed by atoms with Crippen LogP contribution in [0.15, 0.2) is 29.7 Å². The molecule has 6 nitrogen and oxygen atoms in total. The number of aromatic nitrogens is 1. The third-order valence-corrected chi connectivity index (χ3v) is 3.05. The normalized spacial score (nSPS) is 16.7. The van der Waals surface area contributed by atoms with E-state index >= 15 is 0 Å². The average Bonchev–Trinajstić information content (AvgIpc) is 2.92. The smallest absolute Gasteiger partial charge is 0.171 e. The molecule has 0 aromatic carbocycles. The molecule has 1 aliphatic heterocycles. The third kappa shape index (κ3) is 6.95. The molecule has 8 heteroatoms. The molecule has 0 bridgehead atoms. The Morgan fingerprint density at radius 2 is 2.14 bits per heavy atom. The molecule has 2 heterocycles. The van der Waals surface area contributed by atoms with Crippen molar-refractivity contribution in [1.29, 1.82) is 0 Å². The Balaban J connectivity index is 0.00000200. The van der Waals surface area contributed by atoms with E-state index in [0.29, 0.717) is 12.1 Å². The average molecular weight is 337 g/mol. The Kier molecular flexibility index (Phi) is 10.1. The quantitative estimate of drug-likeness (QED) is 0.460. The van der Waals surface area contributed by atoms with Crippen molar-refractivity contribution in [2.75, 3.05) is 26.2 Å². The van der Waals surface area contributed by atoms with Crippen LogP contribution in [0.2, 0.25) is 0 Å². The largest absolute Gasteiger partial charge is 0.391 e. The molecule has 0 spiro atoms. The first-order valence-corrected chi connectivity index (χ1v) is 6.52. The molecular weight excluding hydrogens is 315 g/mol. The predicted octanol–water partition coefficient (Wildman–Crippen LogP) is 1.02. The number of likely N-dealkylation sites (tertiary alicyclic amines) is 1. The van der Waals surface area contributed by atoms with Gasteiger partial charge in [-0.2, -0.15) is 0 Å². The first kappa shape index (κ1) is 19.9. The van der Waals surface area contributed by atoms with Crippen LogP contribution in [0.4, 0.5) is 0 Å². The van der Waals surface area contributed by atoms with E-state index in [1.165, 1.54) is 12.8 Å². The number of oxime groups is 1. The summed E-state index contributed by atoms with van der Waals surface area (Å²) in [5.74, 6) is 0.265. The van der Waals surface area contributed by atoms with Crippen LogP contribution in [0.3, 0.4) is 0 Å². The van der Waals surface area contributed by atoms with Crippen molar-refractivity contribution in [3.63, 3.8) is 0 Å². The number of β-amino-alcohol motifs (C(OH)–C–C–N with tert-alkyl or cyclic N) is 1. The maximum atomic E-state index is 9.80. The third-order valence-electron chi connectivity index (χ3n) is 3.05. The summed E-state index contributed by atoms with van der Waals surface area (Å²) in [5, 5.41) is 13.6. The molecule has 2 rings (SSSR count). The lowest BCUT2D eigenvalue weighted by Gasteiger charge is -2.18. The molecule has 0 amide bonds. The number of pyridine rings is 1. The van der Waals surface area contributed by atoms with E-state index in [4.69, 9.17) is 10.6 Å². The van der Waals surface area contributed by atoms with Gasteiger partial charge in [-0.3, -0.25) is 4.98 Å². The van der Waals surface area contributed by atoms with Crippen LogP contribution in [0.25, 0.3) is 0 Å². The van der Waals surface area contributed by atoms with Gasteiger partial charge in [-0.15, -0.1) is 24.8 Å². The summed E-state index contributed by atoms with van der Waals surface area (Å²) in [6, 6.07) is 3.58. The van der Waals surface area contributed by atoms with Crippen LogP contribution in [0.1, 0.15) is 18.4 Å². The van der Waals surface area contributed by atoms with E-state index in [0.717, 1.165) is 13.1 Å². The minimum Gasteiger partial charge on any atom is -0.391 e. The van der Waals surface area contributed by atoms with Crippen LogP contribution < -0.4 is 5.73 Å². The summed E-state index contributed by atoms with van der Waals surface area (Å²) in [4.78, 5) is 11.2. The van der Waals surface area contributed by atoms with Gasteiger partial charge in [0.2, 0.25) is 0 Å². The number of nitrogens with two attached hydrogens (primary N) is 1. The van der Waals surface area contributed by atoms with Crippen LogP contribution in [-0.4, -0.2) is 53.2 Å². The first-order chi connectivity index (χ1) is 9.25. The first-order valence-electron chi connectivity index (χ1n) is 6.52. The van der Waals surface area contributed by atoms with Crippen LogP contribution >= 0.6 is 24.8 Å². The Hall–Kier alpha value is -1.08. The van der Waals surface area contributed by atoms with E-state index in [1.807, 2.05) is 0 Å². The van der Waals surface area contributed by atoms with Crippen molar-refractivity contribution < 1.29 is 9.94 Å². The fraction of sp³-hybridized carbons (Fsp3) is 0.538. The Morgan fingerprint density at radius 1 is 1.43 bits per heavy atom. The van der Waals surface area contributed by atoms with Crippen LogP contribution in [-0.2, 0) is 4.84 Å². The minimum absolute atomic E-state index is 0. The number of hydrogen-bond donors (Lipinski definition) is 2. The molecule has 1 aliphatic rings. The van der Waals surface area contributed by atoms with E-state index in [2.05, 4.69) is 15.0 Å². The molecule has 1 unspecified atom stereocenters. The zero-order chi connectivity index (χ0) is 13.5. The molecule has 0 aliphatic carbocycles. The van der Waals surface area contributed by atoms with E-state index in [1.54, 1.807) is 24.5 Å². The van der Waals surface area contributed by atoms with Gasteiger partial charge in [-0.1, -0.05) is 5.16 Å². The van der Waals surface area contributed by atoms with Gasteiger partial charge in [0.1, 0.15) is 12.7 Å². The second-order valence-electron chi connectivity index (χ2n) is 4.68. The summed E-state index contributed by atoms with van der Waals surface area (Å²) < 4.78 is 0. The highest BCUT2D eigenvalue weighted by Gasteiger charge is 2.15. The van der Waals surface area contributed by atoms with Gasteiger partial charge < -0.3 is 20.6 Å². The zero-order valence-electron chi connectivity index (χ0n) is 11.7. The van der Waals surface area contributed by atoms with Gasteiger partial charge in [-0.25, -0.2) is 0 Å². The fourth-order valence-corrected chi connectivity index (χ4v) is 2.08. The second-order valence-corrected chi connectivity index (χ2v) is 4.68. The molecule has 21 heavy (non-hydrogen) atoms. The Labute approximate surface area is 137 Å². The van der Waals surface area contributed by atoms with Gasteiger partial charge in [0, 0.05) is 24.5 Å². The molecular formula is C13H22Cl2N4O2. The van der Waals surface area contributed by atoms with Gasteiger partial charge in [0.25, 0.3) is 0 Å². The highest BCUT2D eigenvalue weighted by atomic mass is 35.5. The zero-order valence-corrected chi connectivity index (χ0v) is 13.4. The maximum Gasteiger partial charge on any atom is 0.171 e. The van der Waals surface area contributed by atoms with Gasteiger partial charge in [0.15, 0.2) is 5.84 Å². The van der Waals surface area contributed by atoms with Crippen molar-refractivity contribution in [3.8, 4) is 0 Å². The number of halogens is 2. The summed E-state index contributed by atoms with van der Waals surface area (Å²) in [6.07, 6.45) is 5.16. The highest BCUT2D eigenvalue weighted by Crippen LogP contribution is 2.07. The summed E-state index contributed by atoms with van der Waals surface area (Å²) in [5.41, 5.74) is 6.44. The number of hydrogen-bond acceptors (Lipinski definition) is 5. The van der Waals surface area contributed by atoms with Gasteiger partial charge >= 0.3 is 0 Å². The monoisotopic (exact) mass is 336 g/mol. The maximum absolute atomic E-state index is 9.80. The van der Waals surface area contributed by atoms with Gasteiger partial charge in [-0.05, 0) is 38.1 Å². The lowest BCUT2D eigenvalue weighted by Crippen LogP contribution is -2.32. The molecule has 0 radical (unpaired) electrons. The second kappa shape index (κ2) is 10.6. The molecule has 1 aromatic rings. The lowest BCUT2D eigenvalue weighted by atomic mass is 10.3. The van der Waals surface area contributed by atoms with Crippen molar-refractivity contribution in [2.45, 2.75) is 18.9 Å². The van der Waals surface area contributed by atoms with Crippen molar-refractivity contribution in [1.82, 2.24) is 9.88 Å². The molecule has 1 saturated heterocycles. The molecule has 1 aromatic heterocycles. The van der Waals surface area contributed by atoms with Crippen molar-refractivity contribution in [2.24, 2.45) is 10.9 Å². The van der Waals surface area contributed by atoms with Gasteiger partial charge in [0.05, 0.1) is 0 Å². The molecule has 0 saturated carbocycles. The van der Waals surface area contributed by atoms with E-state index in [9.17, 15) is 5.11 Å². The summed E-state index contributed by atoms with van der Waals surface area (Å²) in [7, 11) is 0. The van der Waals surface area contributed by atoms with E-state index in [-0.39, 0.29) is 37.3 Å². The molecule has 3 N–H and O–H groups in total. The number of amidine groups is 1. The highest BCUT2D eigenvalue weighted by molar-refractivity contribution is 5.96. The number of nitrogens with zero attached hydrogens (tertiary/aromatic N) is 3.